The highest BCUT2D eigenvalue weighted by Crippen LogP contribution is 2.29. The Bertz CT molecular complexity index is 741. The molecule has 1 heterocycles. The third-order valence-electron chi connectivity index (χ3n) is 5.10. The van der Waals surface area contributed by atoms with Gasteiger partial charge >= 0.3 is 0 Å². The lowest BCUT2D eigenvalue weighted by atomic mass is 10.0. The second-order valence-corrected chi connectivity index (χ2v) is 9.74. The average Bonchev–Trinajstić information content (AvgIpc) is 3.22. The normalized spacial score (nSPS) is 15.1. The number of nitrogens with zero attached hydrogens (tertiary/aromatic N) is 1. The van der Waals surface area contributed by atoms with Crippen molar-refractivity contribution < 1.29 is 17.9 Å². The van der Waals surface area contributed by atoms with E-state index in [4.69, 9.17) is 4.74 Å². The fraction of sp³-hybridized carbons (Fsp3) is 0.667. The summed E-state index contributed by atoms with van der Waals surface area (Å²) in [5, 5.41) is 2.90. The summed E-state index contributed by atoms with van der Waals surface area (Å²) in [6.07, 6.45) is 7.38. The van der Waals surface area contributed by atoms with E-state index in [-0.39, 0.29) is 16.6 Å². The van der Waals surface area contributed by atoms with E-state index >= 15 is 0 Å². The Kier molecular flexibility index (Phi) is 8.76. The standard InChI is InChI=1S/C21H34N2O4S/c1-17(2)10-6-4-5-7-13-22-21(24)18-11-12-19(27-3)20(16-18)28(25,26)23-14-8-9-15-23/h11-12,16-17H,4-10,13-15H2,1-3H3,(H,22,24). The Morgan fingerprint density at radius 3 is 2.46 bits per heavy atom. The second-order valence-electron chi connectivity index (χ2n) is 7.83. The number of unbranched alkanes of at least 4 members (excludes halogenated alkanes) is 3. The highest BCUT2D eigenvalue weighted by atomic mass is 32.2. The molecule has 1 aliphatic rings. The van der Waals surface area contributed by atoms with Crippen molar-refractivity contribution in [2.45, 2.75) is 63.7 Å². The Hall–Kier alpha value is -1.60. The summed E-state index contributed by atoms with van der Waals surface area (Å²) in [5.41, 5.74) is 0.346. The van der Waals surface area contributed by atoms with Crippen LogP contribution < -0.4 is 10.1 Å². The van der Waals surface area contributed by atoms with Crippen molar-refractivity contribution in [3.8, 4) is 5.75 Å². The molecule has 0 unspecified atom stereocenters. The molecule has 6 nitrogen and oxygen atoms in total. The minimum atomic E-state index is -3.65. The maximum atomic E-state index is 12.9. The summed E-state index contributed by atoms with van der Waals surface area (Å²) >= 11 is 0. The van der Waals surface area contributed by atoms with Crippen LogP contribution in [0.15, 0.2) is 23.1 Å². The van der Waals surface area contributed by atoms with Crippen molar-refractivity contribution in [2.75, 3.05) is 26.7 Å². The molecule has 0 spiro atoms. The van der Waals surface area contributed by atoms with E-state index in [0.717, 1.165) is 31.6 Å². The summed E-state index contributed by atoms with van der Waals surface area (Å²) in [6.45, 7) is 6.08. The minimum Gasteiger partial charge on any atom is -0.495 e. The zero-order valence-electron chi connectivity index (χ0n) is 17.4. The number of methoxy groups -OCH3 is 1. The molecule has 0 aromatic heterocycles. The smallest absolute Gasteiger partial charge is 0.251 e. The van der Waals surface area contributed by atoms with Gasteiger partial charge in [0.05, 0.1) is 7.11 Å². The molecule has 1 saturated heterocycles. The molecule has 1 aromatic carbocycles. The third-order valence-corrected chi connectivity index (χ3v) is 7.02. The number of sulfonamides is 1. The lowest BCUT2D eigenvalue weighted by Gasteiger charge is -2.18. The van der Waals surface area contributed by atoms with E-state index < -0.39 is 10.0 Å². The van der Waals surface area contributed by atoms with Gasteiger partial charge in [-0.1, -0.05) is 39.5 Å². The maximum absolute atomic E-state index is 12.9. The molecular weight excluding hydrogens is 376 g/mol. The van der Waals surface area contributed by atoms with Gasteiger partial charge in [0.1, 0.15) is 10.6 Å². The van der Waals surface area contributed by atoms with Gasteiger partial charge in [0, 0.05) is 25.2 Å². The first-order chi connectivity index (χ1) is 13.4. The Labute approximate surface area is 169 Å². The fourth-order valence-corrected chi connectivity index (χ4v) is 5.12. The number of ether oxygens (including phenoxy) is 1. The van der Waals surface area contributed by atoms with Gasteiger partial charge in [-0.05, 0) is 43.4 Å². The molecular formula is C21H34N2O4S. The average molecular weight is 411 g/mol. The number of benzene rings is 1. The molecule has 2 rings (SSSR count). The van der Waals surface area contributed by atoms with Gasteiger partial charge in [-0.25, -0.2) is 8.42 Å². The predicted molar refractivity (Wildman–Crippen MR) is 111 cm³/mol. The van der Waals surface area contributed by atoms with Crippen molar-refractivity contribution in [3.05, 3.63) is 23.8 Å². The Morgan fingerprint density at radius 2 is 1.82 bits per heavy atom. The summed E-state index contributed by atoms with van der Waals surface area (Å²) in [4.78, 5) is 12.5. The molecule has 0 saturated carbocycles. The first-order valence-corrected chi connectivity index (χ1v) is 11.8. The van der Waals surface area contributed by atoms with Crippen molar-refractivity contribution in [3.63, 3.8) is 0 Å². The molecule has 1 fully saturated rings. The summed E-state index contributed by atoms with van der Waals surface area (Å²) in [5.74, 6) is 0.761. The summed E-state index contributed by atoms with van der Waals surface area (Å²) in [7, 11) is -2.21. The first-order valence-electron chi connectivity index (χ1n) is 10.3. The molecule has 0 radical (unpaired) electrons. The predicted octanol–water partition coefficient (Wildman–Crippen LogP) is 3.82. The molecule has 158 valence electrons. The number of nitrogens with one attached hydrogen (secondary N) is 1. The zero-order chi connectivity index (χ0) is 20.6. The van der Waals surface area contributed by atoms with Crippen LogP contribution in [0.2, 0.25) is 0 Å². The highest BCUT2D eigenvalue weighted by molar-refractivity contribution is 7.89. The molecule has 1 aromatic rings. The van der Waals surface area contributed by atoms with Gasteiger partial charge in [0.25, 0.3) is 5.91 Å². The Morgan fingerprint density at radius 1 is 1.14 bits per heavy atom. The first kappa shape index (κ1) is 22.7. The van der Waals surface area contributed by atoms with Gasteiger partial charge in [0.2, 0.25) is 10.0 Å². The van der Waals surface area contributed by atoms with E-state index in [1.807, 2.05) is 0 Å². The van der Waals surface area contributed by atoms with Crippen LogP contribution in [-0.2, 0) is 10.0 Å². The van der Waals surface area contributed by atoms with E-state index in [1.54, 1.807) is 12.1 Å². The molecule has 0 aliphatic carbocycles. The van der Waals surface area contributed by atoms with Crippen molar-refractivity contribution in [2.24, 2.45) is 5.92 Å². The van der Waals surface area contributed by atoms with Gasteiger partial charge in [-0.15, -0.1) is 0 Å². The molecule has 0 bridgehead atoms. The maximum Gasteiger partial charge on any atom is 0.251 e. The van der Waals surface area contributed by atoms with E-state index in [9.17, 15) is 13.2 Å². The van der Waals surface area contributed by atoms with Crippen LogP contribution in [0.25, 0.3) is 0 Å². The van der Waals surface area contributed by atoms with E-state index in [0.29, 0.717) is 25.2 Å². The van der Waals surface area contributed by atoms with E-state index in [1.165, 1.54) is 36.7 Å². The monoisotopic (exact) mass is 410 g/mol. The molecule has 28 heavy (non-hydrogen) atoms. The van der Waals surface area contributed by atoms with Crippen molar-refractivity contribution in [1.29, 1.82) is 0 Å². The number of carbonyl (C=O) groups excluding carboxylic acids is 1. The fourth-order valence-electron chi connectivity index (χ4n) is 3.42. The van der Waals surface area contributed by atoms with Crippen LogP contribution in [0, 0.1) is 5.92 Å². The van der Waals surface area contributed by atoms with Crippen LogP contribution in [0.4, 0.5) is 0 Å². The van der Waals surface area contributed by atoms with Gasteiger partial charge in [-0.2, -0.15) is 4.31 Å². The number of hydrogen-bond donors (Lipinski definition) is 1. The lowest BCUT2D eigenvalue weighted by Crippen LogP contribution is -2.29. The van der Waals surface area contributed by atoms with Crippen molar-refractivity contribution >= 4 is 15.9 Å². The largest absolute Gasteiger partial charge is 0.495 e. The minimum absolute atomic E-state index is 0.0678. The molecule has 0 atom stereocenters. The topological polar surface area (TPSA) is 75.7 Å². The summed E-state index contributed by atoms with van der Waals surface area (Å²) in [6, 6.07) is 4.61. The third kappa shape index (κ3) is 6.21. The highest BCUT2D eigenvalue weighted by Gasteiger charge is 2.30. The number of hydrogen-bond acceptors (Lipinski definition) is 4. The second kappa shape index (κ2) is 10.8. The molecule has 1 aliphatic heterocycles. The number of rotatable bonds is 11. The zero-order valence-corrected chi connectivity index (χ0v) is 18.2. The van der Waals surface area contributed by atoms with Gasteiger partial charge < -0.3 is 10.1 Å². The quantitative estimate of drug-likeness (QED) is 0.563. The van der Waals surface area contributed by atoms with Crippen LogP contribution in [0.3, 0.4) is 0 Å². The SMILES string of the molecule is COc1ccc(C(=O)NCCCCCCC(C)C)cc1S(=O)(=O)N1CCCC1. The van der Waals surface area contributed by atoms with Crippen LogP contribution in [0.5, 0.6) is 5.75 Å². The molecule has 7 heteroatoms. The van der Waals surface area contributed by atoms with Crippen LogP contribution >= 0.6 is 0 Å². The molecule has 1 N–H and O–H groups in total. The van der Waals surface area contributed by atoms with Crippen LogP contribution in [0.1, 0.15) is 69.2 Å². The number of amides is 1. The van der Waals surface area contributed by atoms with Gasteiger partial charge in [-0.3, -0.25) is 4.79 Å². The van der Waals surface area contributed by atoms with Crippen LogP contribution in [-0.4, -0.2) is 45.4 Å². The molecule has 1 amide bonds. The Balaban J connectivity index is 1.95. The summed E-state index contributed by atoms with van der Waals surface area (Å²) < 4.78 is 32.5. The van der Waals surface area contributed by atoms with Crippen molar-refractivity contribution in [1.82, 2.24) is 9.62 Å². The van der Waals surface area contributed by atoms with Gasteiger partial charge in [0.15, 0.2) is 0 Å². The number of carbonyl (C=O) groups is 1. The lowest BCUT2D eigenvalue weighted by molar-refractivity contribution is 0.0952. The van der Waals surface area contributed by atoms with E-state index in [2.05, 4.69) is 19.2 Å².